The molecule has 0 aliphatic carbocycles. The summed E-state index contributed by atoms with van der Waals surface area (Å²) in [6, 6.07) is 9.67. The number of nitrogens with one attached hydrogen (secondary N) is 1. The molecule has 4 nitrogen and oxygen atoms in total. The van der Waals surface area contributed by atoms with Gasteiger partial charge in [-0.3, -0.25) is 0 Å². The van der Waals surface area contributed by atoms with Gasteiger partial charge in [0.1, 0.15) is 22.8 Å². The van der Waals surface area contributed by atoms with Crippen LogP contribution in [0.25, 0.3) is 11.1 Å². The van der Waals surface area contributed by atoms with Crippen molar-refractivity contribution in [3.63, 3.8) is 0 Å². The van der Waals surface area contributed by atoms with Crippen LogP contribution in [0.1, 0.15) is 6.42 Å². The Morgan fingerprint density at radius 3 is 2.95 bits per heavy atom. The lowest BCUT2D eigenvalue weighted by atomic mass is 10.1. The van der Waals surface area contributed by atoms with Gasteiger partial charge in [-0.05, 0) is 36.7 Å². The number of methoxy groups -OCH3 is 1. The van der Waals surface area contributed by atoms with E-state index in [-0.39, 0.29) is 6.10 Å². The second-order valence-electron chi connectivity index (χ2n) is 4.97. The van der Waals surface area contributed by atoms with Gasteiger partial charge in [0, 0.05) is 12.1 Å². The highest BCUT2D eigenvalue weighted by atomic mass is 35.5. The van der Waals surface area contributed by atoms with E-state index in [1.165, 1.54) is 0 Å². The molecule has 0 amide bonds. The second-order valence-corrected chi connectivity index (χ2v) is 5.33. The molecule has 5 heteroatoms. The van der Waals surface area contributed by atoms with Crippen molar-refractivity contribution in [2.24, 2.45) is 0 Å². The summed E-state index contributed by atoms with van der Waals surface area (Å²) in [6.07, 6.45) is 2.88. The van der Waals surface area contributed by atoms with Gasteiger partial charge in [-0.25, -0.2) is 4.98 Å². The number of pyridine rings is 1. The lowest BCUT2D eigenvalue weighted by Gasteiger charge is -2.14. The van der Waals surface area contributed by atoms with Crippen LogP contribution in [-0.2, 0) is 0 Å². The van der Waals surface area contributed by atoms with Gasteiger partial charge in [-0.15, -0.1) is 0 Å². The van der Waals surface area contributed by atoms with Crippen molar-refractivity contribution >= 4 is 11.6 Å². The number of aromatic nitrogens is 1. The smallest absolute Gasteiger partial charge is 0.138 e. The van der Waals surface area contributed by atoms with E-state index < -0.39 is 0 Å². The average molecular weight is 305 g/mol. The molecule has 0 spiro atoms. The lowest BCUT2D eigenvalue weighted by Crippen LogP contribution is -2.19. The Bertz CT molecular complexity index is 627. The maximum atomic E-state index is 6.22. The number of hydrogen-bond donors (Lipinski definition) is 1. The molecule has 3 rings (SSSR count). The maximum Gasteiger partial charge on any atom is 0.138 e. The van der Waals surface area contributed by atoms with Gasteiger partial charge in [-0.1, -0.05) is 23.7 Å². The van der Waals surface area contributed by atoms with Crippen molar-refractivity contribution < 1.29 is 9.47 Å². The minimum Gasteiger partial charge on any atom is -0.497 e. The average Bonchev–Trinajstić information content (AvgIpc) is 3.02. The number of hydrogen-bond acceptors (Lipinski definition) is 4. The van der Waals surface area contributed by atoms with Gasteiger partial charge in [0.05, 0.1) is 13.3 Å². The molecule has 1 atom stereocenters. The number of rotatable bonds is 4. The summed E-state index contributed by atoms with van der Waals surface area (Å²) in [7, 11) is 1.64. The SMILES string of the molecule is COc1cccc(-c2cc(O[C@@H]3CCNC3)cnc2Cl)c1. The second kappa shape index (κ2) is 6.33. The first-order valence-electron chi connectivity index (χ1n) is 6.93. The summed E-state index contributed by atoms with van der Waals surface area (Å²) in [5, 5.41) is 3.74. The molecule has 2 heterocycles. The molecule has 1 saturated heterocycles. The summed E-state index contributed by atoms with van der Waals surface area (Å²) in [5.74, 6) is 1.53. The van der Waals surface area contributed by atoms with E-state index in [1.54, 1.807) is 13.3 Å². The standard InChI is InChI=1S/C16H17ClN2O2/c1-20-12-4-2-3-11(7-12)15-8-14(10-19-16(15)17)21-13-5-6-18-9-13/h2-4,7-8,10,13,18H,5-6,9H2,1H3/t13-/m1/s1. The topological polar surface area (TPSA) is 43.4 Å². The monoisotopic (exact) mass is 304 g/mol. The fourth-order valence-electron chi connectivity index (χ4n) is 2.41. The van der Waals surface area contributed by atoms with E-state index >= 15 is 0 Å². The van der Waals surface area contributed by atoms with Crippen LogP contribution < -0.4 is 14.8 Å². The zero-order valence-electron chi connectivity index (χ0n) is 11.8. The van der Waals surface area contributed by atoms with Crippen LogP contribution in [-0.4, -0.2) is 31.3 Å². The minimum atomic E-state index is 0.200. The highest BCUT2D eigenvalue weighted by Gasteiger charge is 2.17. The fourth-order valence-corrected chi connectivity index (χ4v) is 2.62. The van der Waals surface area contributed by atoms with E-state index in [0.717, 1.165) is 42.1 Å². The Labute approximate surface area is 129 Å². The van der Waals surface area contributed by atoms with Gasteiger partial charge in [0.2, 0.25) is 0 Å². The molecule has 1 N–H and O–H groups in total. The van der Waals surface area contributed by atoms with Crippen LogP contribution in [0.15, 0.2) is 36.5 Å². The summed E-state index contributed by atoms with van der Waals surface area (Å²) < 4.78 is 11.2. The molecule has 1 aliphatic heterocycles. The molecule has 1 aromatic heterocycles. The van der Waals surface area contributed by atoms with E-state index in [4.69, 9.17) is 21.1 Å². The molecular weight excluding hydrogens is 288 g/mol. The van der Waals surface area contributed by atoms with E-state index in [0.29, 0.717) is 5.15 Å². The summed E-state index contributed by atoms with van der Waals surface area (Å²) in [5.41, 5.74) is 1.81. The van der Waals surface area contributed by atoms with E-state index in [9.17, 15) is 0 Å². The van der Waals surface area contributed by atoms with Crippen LogP contribution in [0.4, 0.5) is 0 Å². The molecule has 1 aliphatic rings. The Morgan fingerprint density at radius 2 is 2.19 bits per heavy atom. The molecule has 2 aromatic rings. The first kappa shape index (κ1) is 14.2. The number of benzene rings is 1. The van der Waals surface area contributed by atoms with Crippen molar-refractivity contribution in [1.82, 2.24) is 10.3 Å². The first-order valence-corrected chi connectivity index (χ1v) is 7.31. The number of ether oxygens (including phenoxy) is 2. The fraction of sp³-hybridized carbons (Fsp3) is 0.312. The highest BCUT2D eigenvalue weighted by Crippen LogP contribution is 2.32. The Morgan fingerprint density at radius 1 is 1.29 bits per heavy atom. The lowest BCUT2D eigenvalue weighted by molar-refractivity contribution is 0.222. The van der Waals surface area contributed by atoms with Crippen LogP contribution >= 0.6 is 11.6 Å². The van der Waals surface area contributed by atoms with E-state index in [2.05, 4.69) is 10.3 Å². The molecule has 21 heavy (non-hydrogen) atoms. The van der Waals surface area contributed by atoms with Gasteiger partial charge in [-0.2, -0.15) is 0 Å². The molecular formula is C16H17ClN2O2. The zero-order chi connectivity index (χ0) is 14.7. The van der Waals surface area contributed by atoms with Crippen LogP contribution in [0, 0.1) is 0 Å². The van der Waals surface area contributed by atoms with Gasteiger partial charge < -0.3 is 14.8 Å². The number of halogens is 1. The van der Waals surface area contributed by atoms with E-state index in [1.807, 2.05) is 30.3 Å². The molecule has 0 saturated carbocycles. The third-order valence-electron chi connectivity index (χ3n) is 3.51. The quantitative estimate of drug-likeness (QED) is 0.881. The first-order chi connectivity index (χ1) is 10.3. The minimum absolute atomic E-state index is 0.200. The van der Waals surface area contributed by atoms with Crippen molar-refractivity contribution in [2.45, 2.75) is 12.5 Å². The van der Waals surface area contributed by atoms with Crippen LogP contribution in [0.2, 0.25) is 5.15 Å². The van der Waals surface area contributed by atoms with Crippen molar-refractivity contribution in [2.75, 3.05) is 20.2 Å². The summed E-state index contributed by atoms with van der Waals surface area (Å²) in [6.45, 7) is 1.87. The molecule has 1 fully saturated rings. The summed E-state index contributed by atoms with van der Waals surface area (Å²) >= 11 is 6.22. The molecule has 110 valence electrons. The number of nitrogens with zero attached hydrogens (tertiary/aromatic N) is 1. The van der Waals surface area contributed by atoms with Gasteiger partial charge >= 0.3 is 0 Å². The third kappa shape index (κ3) is 3.28. The predicted octanol–water partition coefficient (Wildman–Crippen LogP) is 3.15. The molecule has 1 aromatic carbocycles. The molecule has 0 bridgehead atoms. The van der Waals surface area contributed by atoms with Gasteiger partial charge in [0.25, 0.3) is 0 Å². The molecule has 0 radical (unpaired) electrons. The Balaban J connectivity index is 1.89. The third-order valence-corrected chi connectivity index (χ3v) is 3.81. The zero-order valence-corrected chi connectivity index (χ0v) is 12.6. The predicted molar refractivity (Wildman–Crippen MR) is 83.1 cm³/mol. The Kier molecular flexibility index (Phi) is 4.27. The summed E-state index contributed by atoms with van der Waals surface area (Å²) in [4.78, 5) is 4.23. The van der Waals surface area contributed by atoms with Crippen LogP contribution in [0.3, 0.4) is 0 Å². The molecule has 0 unspecified atom stereocenters. The van der Waals surface area contributed by atoms with Crippen molar-refractivity contribution in [3.05, 3.63) is 41.7 Å². The maximum absolute atomic E-state index is 6.22. The van der Waals surface area contributed by atoms with Gasteiger partial charge in [0.15, 0.2) is 0 Å². The largest absolute Gasteiger partial charge is 0.497 e. The van der Waals surface area contributed by atoms with Crippen molar-refractivity contribution in [3.8, 4) is 22.6 Å². The Hall–Kier alpha value is -1.78. The van der Waals surface area contributed by atoms with Crippen molar-refractivity contribution in [1.29, 1.82) is 0 Å². The normalized spacial score (nSPS) is 17.7. The van der Waals surface area contributed by atoms with Crippen LogP contribution in [0.5, 0.6) is 11.5 Å². The highest BCUT2D eigenvalue weighted by molar-refractivity contribution is 6.32.